The van der Waals surface area contributed by atoms with Crippen molar-refractivity contribution in [1.82, 2.24) is 4.72 Å². The molecule has 0 radical (unpaired) electrons. The molecule has 0 bridgehead atoms. The third-order valence-electron chi connectivity index (χ3n) is 3.07. The molecule has 2 rings (SSSR count). The third kappa shape index (κ3) is 4.05. The number of carboxylic acid groups (broad SMARTS) is 1. The number of rotatable bonds is 5. The molecule has 0 aliphatic heterocycles. The Morgan fingerprint density at radius 1 is 1.17 bits per heavy atom. The van der Waals surface area contributed by atoms with Gasteiger partial charge in [0, 0.05) is 0 Å². The number of phenols is 1. The van der Waals surface area contributed by atoms with Gasteiger partial charge in [0.15, 0.2) is 0 Å². The summed E-state index contributed by atoms with van der Waals surface area (Å²) in [6, 6.07) is 6.70. The Kier molecular flexibility index (Phi) is 4.67. The van der Waals surface area contributed by atoms with E-state index >= 15 is 0 Å². The van der Waals surface area contributed by atoms with Gasteiger partial charge >= 0.3 is 5.97 Å². The molecule has 0 saturated carbocycles. The lowest BCUT2D eigenvalue weighted by Crippen LogP contribution is -2.33. The average molecular weight is 339 g/mol. The highest BCUT2D eigenvalue weighted by Crippen LogP contribution is 2.21. The van der Waals surface area contributed by atoms with Gasteiger partial charge in [-0.15, -0.1) is 0 Å². The van der Waals surface area contributed by atoms with Gasteiger partial charge in [-0.05, 0) is 48.4 Å². The van der Waals surface area contributed by atoms with Crippen LogP contribution in [0.25, 0.3) is 0 Å². The van der Waals surface area contributed by atoms with E-state index in [1.54, 1.807) is 0 Å². The first kappa shape index (κ1) is 16.9. The molecule has 0 fully saturated rings. The van der Waals surface area contributed by atoms with Crippen LogP contribution in [0.15, 0.2) is 47.4 Å². The number of halogens is 1. The monoisotopic (exact) mass is 339 g/mol. The van der Waals surface area contributed by atoms with Gasteiger partial charge in [-0.1, -0.05) is 12.1 Å². The molecule has 0 aliphatic carbocycles. The van der Waals surface area contributed by atoms with Crippen LogP contribution in [0.5, 0.6) is 5.75 Å². The van der Waals surface area contributed by atoms with Gasteiger partial charge in [-0.3, -0.25) is 4.79 Å². The molecule has 0 saturated heterocycles. The third-order valence-corrected chi connectivity index (χ3v) is 4.47. The molecule has 0 aromatic heterocycles. The topological polar surface area (TPSA) is 104 Å². The van der Waals surface area contributed by atoms with Crippen molar-refractivity contribution in [2.75, 3.05) is 0 Å². The molecule has 0 unspecified atom stereocenters. The molecule has 0 heterocycles. The zero-order valence-corrected chi connectivity index (χ0v) is 12.8. The Hall–Kier alpha value is -2.45. The smallest absolute Gasteiger partial charge is 0.326 e. The Balaban J connectivity index is 2.39. The molecule has 0 aliphatic rings. The van der Waals surface area contributed by atoms with Crippen LogP contribution in [-0.2, 0) is 14.8 Å². The van der Waals surface area contributed by atoms with Crippen molar-refractivity contribution < 1.29 is 27.8 Å². The summed E-state index contributed by atoms with van der Waals surface area (Å²) in [5.74, 6) is -2.24. The molecule has 0 spiro atoms. The van der Waals surface area contributed by atoms with E-state index in [-0.39, 0.29) is 16.2 Å². The van der Waals surface area contributed by atoms with Crippen LogP contribution in [0.2, 0.25) is 0 Å². The number of aromatic hydroxyl groups is 1. The summed E-state index contributed by atoms with van der Waals surface area (Å²) in [5, 5.41) is 18.5. The van der Waals surface area contributed by atoms with Crippen molar-refractivity contribution in [3.8, 4) is 5.75 Å². The number of aliphatic carboxylic acids is 1. The molecular weight excluding hydrogens is 325 g/mol. The minimum atomic E-state index is -4.24. The lowest BCUT2D eigenvalue weighted by atomic mass is 10.1. The molecule has 6 nitrogen and oxygen atoms in total. The summed E-state index contributed by atoms with van der Waals surface area (Å²) >= 11 is 0. The van der Waals surface area contributed by atoms with Crippen LogP contribution in [0, 0.1) is 12.7 Å². The maximum Gasteiger partial charge on any atom is 0.326 e. The van der Waals surface area contributed by atoms with Crippen molar-refractivity contribution in [3.63, 3.8) is 0 Å². The van der Waals surface area contributed by atoms with Crippen LogP contribution in [-0.4, -0.2) is 24.6 Å². The van der Waals surface area contributed by atoms with Crippen molar-refractivity contribution >= 4 is 16.0 Å². The fraction of sp³-hybridized carbons (Fsp3) is 0.133. The summed E-state index contributed by atoms with van der Waals surface area (Å²) in [7, 11) is -4.24. The molecule has 1 atom stereocenters. The molecule has 0 amide bonds. The van der Waals surface area contributed by atoms with E-state index in [0.717, 1.165) is 12.1 Å². The minimum Gasteiger partial charge on any atom is -0.508 e. The normalized spacial score (nSPS) is 12.8. The highest BCUT2D eigenvalue weighted by atomic mass is 32.2. The quantitative estimate of drug-likeness (QED) is 0.772. The van der Waals surface area contributed by atoms with E-state index in [9.17, 15) is 27.8 Å². The van der Waals surface area contributed by atoms with Gasteiger partial charge in [0.05, 0.1) is 4.90 Å². The molecule has 8 heteroatoms. The number of sulfonamides is 1. The fourth-order valence-corrected chi connectivity index (χ4v) is 3.30. The van der Waals surface area contributed by atoms with E-state index in [0.29, 0.717) is 5.56 Å². The second-order valence-electron chi connectivity index (χ2n) is 4.95. The van der Waals surface area contributed by atoms with E-state index in [2.05, 4.69) is 0 Å². The van der Waals surface area contributed by atoms with Crippen molar-refractivity contribution in [2.45, 2.75) is 17.9 Å². The zero-order chi connectivity index (χ0) is 17.2. The molecule has 2 aromatic rings. The van der Waals surface area contributed by atoms with Gasteiger partial charge in [0.1, 0.15) is 17.6 Å². The second kappa shape index (κ2) is 6.35. The predicted octanol–water partition coefficient (Wildman–Crippen LogP) is 1.94. The standard InChI is InChI=1S/C15H14FNO5S/c1-9-6-11(16)8-13(7-9)23(21,22)17-14(15(19)20)10-2-4-12(18)5-3-10/h2-8,14,17-18H,1H3,(H,19,20)/t14-/m0/s1. The molecule has 122 valence electrons. The summed E-state index contributed by atoms with van der Waals surface area (Å²) in [6.45, 7) is 1.52. The summed E-state index contributed by atoms with van der Waals surface area (Å²) in [5.41, 5.74) is 0.522. The first-order chi connectivity index (χ1) is 10.7. The van der Waals surface area contributed by atoms with E-state index in [1.165, 1.54) is 37.3 Å². The largest absolute Gasteiger partial charge is 0.508 e. The summed E-state index contributed by atoms with van der Waals surface area (Å²) < 4.78 is 40.0. The molecular formula is C15H14FNO5S. The number of benzene rings is 2. The first-order valence-electron chi connectivity index (χ1n) is 6.50. The zero-order valence-electron chi connectivity index (χ0n) is 12.0. The second-order valence-corrected chi connectivity index (χ2v) is 6.66. The average Bonchev–Trinajstić information content (AvgIpc) is 2.44. The number of hydrogen-bond donors (Lipinski definition) is 3. The Labute approximate surface area is 132 Å². The summed E-state index contributed by atoms with van der Waals surface area (Å²) in [6.07, 6.45) is 0. The van der Waals surface area contributed by atoms with Crippen LogP contribution < -0.4 is 4.72 Å². The SMILES string of the molecule is Cc1cc(F)cc(S(=O)(=O)N[C@H](C(=O)O)c2ccc(O)cc2)c1. The number of carboxylic acids is 1. The number of aryl methyl sites for hydroxylation is 1. The van der Waals surface area contributed by atoms with Crippen LogP contribution in [0.4, 0.5) is 4.39 Å². The van der Waals surface area contributed by atoms with Crippen LogP contribution in [0.1, 0.15) is 17.2 Å². The van der Waals surface area contributed by atoms with E-state index < -0.39 is 27.9 Å². The first-order valence-corrected chi connectivity index (χ1v) is 7.98. The van der Waals surface area contributed by atoms with Gasteiger partial charge in [0.2, 0.25) is 10.0 Å². The van der Waals surface area contributed by atoms with Gasteiger partial charge in [-0.25, -0.2) is 12.8 Å². The highest BCUT2D eigenvalue weighted by Gasteiger charge is 2.27. The van der Waals surface area contributed by atoms with Gasteiger partial charge in [-0.2, -0.15) is 4.72 Å². The Morgan fingerprint density at radius 2 is 1.78 bits per heavy atom. The number of nitrogens with one attached hydrogen (secondary N) is 1. The van der Waals surface area contributed by atoms with Crippen molar-refractivity contribution in [1.29, 1.82) is 0 Å². The van der Waals surface area contributed by atoms with E-state index in [1.807, 2.05) is 4.72 Å². The van der Waals surface area contributed by atoms with Crippen LogP contribution in [0.3, 0.4) is 0 Å². The number of carbonyl (C=O) groups is 1. The maximum atomic E-state index is 13.4. The number of hydrogen-bond acceptors (Lipinski definition) is 4. The van der Waals surface area contributed by atoms with Gasteiger partial charge in [0.25, 0.3) is 0 Å². The lowest BCUT2D eigenvalue weighted by Gasteiger charge is -2.15. The molecule has 3 N–H and O–H groups in total. The Morgan fingerprint density at radius 3 is 2.30 bits per heavy atom. The predicted molar refractivity (Wildman–Crippen MR) is 79.9 cm³/mol. The Bertz CT molecular complexity index is 813. The highest BCUT2D eigenvalue weighted by molar-refractivity contribution is 7.89. The fourth-order valence-electron chi connectivity index (χ4n) is 2.01. The minimum absolute atomic E-state index is 0.0819. The number of phenolic OH excluding ortho intramolecular Hbond substituents is 1. The van der Waals surface area contributed by atoms with Gasteiger partial charge < -0.3 is 10.2 Å². The molecule has 2 aromatic carbocycles. The van der Waals surface area contributed by atoms with Crippen molar-refractivity contribution in [3.05, 3.63) is 59.4 Å². The summed E-state index contributed by atoms with van der Waals surface area (Å²) in [4.78, 5) is 11.0. The van der Waals surface area contributed by atoms with E-state index in [4.69, 9.17) is 0 Å². The maximum absolute atomic E-state index is 13.4. The molecule has 23 heavy (non-hydrogen) atoms. The van der Waals surface area contributed by atoms with Crippen LogP contribution >= 0.6 is 0 Å². The lowest BCUT2D eigenvalue weighted by molar-refractivity contribution is -0.139. The van der Waals surface area contributed by atoms with Crippen molar-refractivity contribution in [2.24, 2.45) is 0 Å².